The zero-order chi connectivity index (χ0) is 15.1. The molecule has 3 heteroatoms. The fraction of sp³-hybridized carbons (Fsp3) is 0.556. The second-order valence-electron chi connectivity index (χ2n) is 7.33. The summed E-state index contributed by atoms with van der Waals surface area (Å²) < 4.78 is 0. The topological polar surface area (TPSA) is 24.4 Å². The van der Waals surface area contributed by atoms with Crippen LogP contribution >= 0.6 is 12.2 Å². The van der Waals surface area contributed by atoms with Crippen molar-refractivity contribution in [2.75, 3.05) is 0 Å². The van der Waals surface area contributed by atoms with Crippen LogP contribution in [0.25, 0.3) is 0 Å². The molecule has 1 aliphatic carbocycles. The maximum Gasteiger partial charge on any atom is 0.131 e. The first-order valence-electron chi connectivity index (χ1n) is 7.93. The fourth-order valence-electron chi connectivity index (χ4n) is 3.26. The SMILES string of the molecule is CC(C)(C)c1ccc(C2=NC3(CCCCC3)NC2=S)cc1. The van der Waals surface area contributed by atoms with E-state index in [4.69, 9.17) is 17.2 Å². The van der Waals surface area contributed by atoms with Crippen LogP contribution in [-0.4, -0.2) is 16.4 Å². The van der Waals surface area contributed by atoms with Crippen LogP contribution in [0.3, 0.4) is 0 Å². The van der Waals surface area contributed by atoms with Crippen LogP contribution in [0.2, 0.25) is 0 Å². The van der Waals surface area contributed by atoms with E-state index < -0.39 is 0 Å². The maximum atomic E-state index is 5.54. The summed E-state index contributed by atoms with van der Waals surface area (Å²) in [5, 5.41) is 3.49. The average molecular weight is 300 g/mol. The number of nitrogens with one attached hydrogen (secondary N) is 1. The van der Waals surface area contributed by atoms with E-state index >= 15 is 0 Å². The first-order valence-corrected chi connectivity index (χ1v) is 8.34. The Bertz CT molecular complexity index is 572. The minimum absolute atomic E-state index is 0.104. The van der Waals surface area contributed by atoms with E-state index in [0.29, 0.717) is 0 Å². The lowest BCUT2D eigenvalue weighted by molar-refractivity contribution is 0.286. The van der Waals surface area contributed by atoms with Gasteiger partial charge in [0, 0.05) is 5.56 Å². The van der Waals surface area contributed by atoms with E-state index in [-0.39, 0.29) is 11.1 Å². The molecule has 0 unspecified atom stereocenters. The van der Waals surface area contributed by atoms with Gasteiger partial charge in [0.2, 0.25) is 0 Å². The Labute approximate surface area is 133 Å². The van der Waals surface area contributed by atoms with Gasteiger partial charge < -0.3 is 5.32 Å². The Balaban J connectivity index is 1.89. The molecule has 0 radical (unpaired) electrons. The molecule has 21 heavy (non-hydrogen) atoms. The molecule has 1 aliphatic heterocycles. The van der Waals surface area contributed by atoms with E-state index in [9.17, 15) is 0 Å². The van der Waals surface area contributed by atoms with Crippen LogP contribution in [0.5, 0.6) is 0 Å². The Hall–Kier alpha value is -1.22. The second-order valence-corrected chi connectivity index (χ2v) is 7.74. The standard InChI is InChI=1S/C18H24N2S/c1-17(2,3)14-9-7-13(8-10-14)15-16(21)20-18(19-15)11-5-4-6-12-18/h7-10H,4-6,11-12H2,1-3H3,(H,20,21). The number of aliphatic imine (C=N–C) groups is 1. The van der Waals surface area contributed by atoms with Crippen LogP contribution in [0, 0.1) is 0 Å². The van der Waals surface area contributed by atoms with Crippen LogP contribution in [0.4, 0.5) is 0 Å². The van der Waals surface area contributed by atoms with E-state index in [0.717, 1.165) is 29.1 Å². The molecule has 0 saturated heterocycles. The quantitative estimate of drug-likeness (QED) is 0.779. The van der Waals surface area contributed by atoms with Crippen molar-refractivity contribution in [3.63, 3.8) is 0 Å². The molecule has 3 rings (SSSR count). The Morgan fingerprint density at radius 2 is 1.67 bits per heavy atom. The molecule has 2 nitrogen and oxygen atoms in total. The third-order valence-electron chi connectivity index (χ3n) is 4.59. The summed E-state index contributed by atoms with van der Waals surface area (Å²) in [6.45, 7) is 6.70. The largest absolute Gasteiger partial charge is 0.351 e. The number of rotatable bonds is 1. The van der Waals surface area contributed by atoms with Crippen LogP contribution in [0.1, 0.15) is 64.0 Å². The highest BCUT2D eigenvalue weighted by Gasteiger charge is 2.38. The maximum absolute atomic E-state index is 5.54. The summed E-state index contributed by atoms with van der Waals surface area (Å²) in [6.07, 6.45) is 6.03. The lowest BCUT2D eigenvalue weighted by atomic mass is 9.86. The zero-order valence-corrected chi connectivity index (χ0v) is 14.0. The lowest BCUT2D eigenvalue weighted by Gasteiger charge is -2.30. The molecule has 1 heterocycles. The lowest BCUT2D eigenvalue weighted by Crippen LogP contribution is -2.43. The first kappa shape index (κ1) is 14.7. The zero-order valence-electron chi connectivity index (χ0n) is 13.2. The summed E-state index contributed by atoms with van der Waals surface area (Å²) in [5.41, 5.74) is 3.54. The van der Waals surface area contributed by atoms with Gasteiger partial charge in [-0.05, 0) is 36.7 Å². The first-order chi connectivity index (χ1) is 9.90. The van der Waals surface area contributed by atoms with Gasteiger partial charge in [0.25, 0.3) is 0 Å². The molecule has 0 amide bonds. The molecular weight excluding hydrogens is 276 g/mol. The minimum Gasteiger partial charge on any atom is -0.351 e. The number of hydrogen-bond donors (Lipinski definition) is 1. The van der Waals surface area contributed by atoms with E-state index in [1.54, 1.807) is 0 Å². The van der Waals surface area contributed by atoms with Crippen molar-refractivity contribution in [3.8, 4) is 0 Å². The molecule has 1 aromatic rings. The molecular formula is C18H24N2S. The monoisotopic (exact) mass is 300 g/mol. The second kappa shape index (κ2) is 5.20. The summed E-state index contributed by atoms with van der Waals surface area (Å²) >= 11 is 5.54. The molecule has 1 N–H and O–H groups in total. The van der Waals surface area contributed by atoms with Crippen molar-refractivity contribution in [2.45, 2.75) is 64.0 Å². The van der Waals surface area contributed by atoms with Gasteiger partial charge in [0.1, 0.15) is 16.4 Å². The summed E-state index contributed by atoms with van der Waals surface area (Å²) in [7, 11) is 0. The number of thiocarbonyl (C=S) groups is 1. The van der Waals surface area contributed by atoms with Gasteiger partial charge in [0.05, 0.1) is 0 Å². The van der Waals surface area contributed by atoms with Gasteiger partial charge in [0.15, 0.2) is 0 Å². The van der Waals surface area contributed by atoms with Crippen molar-refractivity contribution >= 4 is 22.9 Å². The van der Waals surface area contributed by atoms with Crippen molar-refractivity contribution in [3.05, 3.63) is 35.4 Å². The van der Waals surface area contributed by atoms with Gasteiger partial charge >= 0.3 is 0 Å². The van der Waals surface area contributed by atoms with Gasteiger partial charge in [-0.15, -0.1) is 0 Å². The van der Waals surface area contributed by atoms with Gasteiger partial charge in [-0.2, -0.15) is 0 Å². The van der Waals surface area contributed by atoms with Gasteiger partial charge in [-0.1, -0.05) is 63.7 Å². The highest BCUT2D eigenvalue weighted by Crippen LogP contribution is 2.33. The number of benzene rings is 1. The smallest absolute Gasteiger partial charge is 0.131 e. The molecule has 112 valence electrons. The van der Waals surface area contributed by atoms with E-state index in [2.05, 4.69) is 50.4 Å². The van der Waals surface area contributed by atoms with Crippen LogP contribution in [-0.2, 0) is 5.41 Å². The van der Waals surface area contributed by atoms with Crippen LogP contribution in [0.15, 0.2) is 29.3 Å². The molecule has 1 aromatic carbocycles. The van der Waals surface area contributed by atoms with E-state index in [1.807, 2.05) is 0 Å². The van der Waals surface area contributed by atoms with E-state index in [1.165, 1.54) is 24.8 Å². The Morgan fingerprint density at radius 3 is 2.24 bits per heavy atom. The molecule has 0 atom stereocenters. The highest BCUT2D eigenvalue weighted by molar-refractivity contribution is 7.82. The summed E-state index contributed by atoms with van der Waals surface area (Å²) in [5.74, 6) is 0. The predicted molar refractivity (Wildman–Crippen MR) is 93.2 cm³/mol. The van der Waals surface area contributed by atoms with Crippen molar-refractivity contribution < 1.29 is 0 Å². The fourth-order valence-corrected chi connectivity index (χ4v) is 3.61. The number of hydrogen-bond acceptors (Lipinski definition) is 2. The minimum atomic E-state index is -0.104. The molecule has 2 aliphatic rings. The normalized spacial score (nSPS) is 21.3. The predicted octanol–water partition coefficient (Wildman–Crippen LogP) is 4.36. The van der Waals surface area contributed by atoms with Gasteiger partial charge in [-0.3, -0.25) is 4.99 Å². The van der Waals surface area contributed by atoms with Crippen molar-refractivity contribution in [1.29, 1.82) is 0 Å². The van der Waals surface area contributed by atoms with Crippen molar-refractivity contribution in [2.24, 2.45) is 4.99 Å². The molecule has 1 spiro atoms. The van der Waals surface area contributed by atoms with Crippen LogP contribution < -0.4 is 5.32 Å². The van der Waals surface area contributed by atoms with Gasteiger partial charge in [-0.25, -0.2) is 0 Å². The molecule has 1 fully saturated rings. The number of nitrogens with zero attached hydrogens (tertiary/aromatic N) is 1. The summed E-state index contributed by atoms with van der Waals surface area (Å²) in [6, 6.07) is 8.73. The third kappa shape index (κ3) is 2.89. The average Bonchev–Trinajstić information content (AvgIpc) is 2.75. The van der Waals surface area contributed by atoms with Crippen molar-refractivity contribution in [1.82, 2.24) is 5.32 Å². The summed E-state index contributed by atoms with van der Waals surface area (Å²) in [4.78, 5) is 5.81. The third-order valence-corrected chi connectivity index (χ3v) is 4.89. The highest BCUT2D eigenvalue weighted by atomic mass is 32.1. The molecule has 0 aromatic heterocycles. The molecule has 1 saturated carbocycles. The molecule has 0 bridgehead atoms. The Morgan fingerprint density at radius 1 is 1.05 bits per heavy atom. The Kier molecular flexibility index (Phi) is 3.64.